The van der Waals surface area contributed by atoms with Crippen molar-refractivity contribution in [1.82, 2.24) is 19.4 Å². The Bertz CT molecular complexity index is 1130. The summed E-state index contributed by atoms with van der Waals surface area (Å²) in [6.45, 7) is 0.666. The first-order chi connectivity index (χ1) is 16.1. The zero-order chi connectivity index (χ0) is 22.8. The van der Waals surface area contributed by atoms with Gasteiger partial charge in [-0.1, -0.05) is 60.9 Å². The number of rotatable bonds is 5. The van der Waals surface area contributed by atoms with Crippen molar-refractivity contribution in [3.8, 4) is 22.0 Å². The van der Waals surface area contributed by atoms with Gasteiger partial charge in [0.05, 0.1) is 10.6 Å². The zero-order valence-electron chi connectivity index (χ0n) is 18.9. The number of imidazole rings is 1. The van der Waals surface area contributed by atoms with Gasteiger partial charge in [0.15, 0.2) is 11.0 Å². The van der Waals surface area contributed by atoms with Crippen molar-refractivity contribution in [2.45, 2.75) is 51.0 Å². The maximum absolute atomic E-state index is 13.3. The summed E-state index contributed by atoms with van der Waals surface area (Å²) >= 11 is 1.42. The first-order valence-electron chi connectivity index (χ1n) is 11.8. The van der Waals surface area contributed by atoms with Crippen LogP contribution < -0.4 is 5.32 Å². The smallest absolute Gasteiger partial charge is 0.248 e. The molecule has 1 aliphatic heterocycles. The molecule has 2 aliphatic rings. The summed E-state index contributed by atoms with van der Waals surface area (Å²) in [7, 11) is 1.95. The van der Waals surface area contributed by atoms with Gasteiger partial charge in [-0.3, -0.25) is 9.59 Å². The number of thiazole rings is 1. The van der Waals surface area contributed by atoms with Gasteiger partial charge in [-0.15, -0.1) is 0 Å². The van der Waals surface area contributed by atoms with Gasteiger partial charge >= 0.3 is 0 Å². The van der Waals surface area contributed by atoms with Crippen LogP contribution in [0.2, 0.25) is 0 Å². The third kappa shape index (κ3) is 4.44. The second kappa shape index (κ2) is 9.47. The van der Waals surface area contributed by atoms with Crippen LogP contribution in [-0.2, 0) is 16.6 Å². The van der Waals surface area contributed by atoms with Crippen molar-refractivity contribution in [1.29, 1.82) is 0 Å². The molecule has 2 fully saturated rings. The van der Waals surface area contributed by atoms with Crippen molar-refractivity contribution < 1.29 is 9.59 Å². The molecule has 5 rings (SSSR count). The average Bonchev–Trinajstić information content (AvgIpc) is 3.59. The summed E-state index contributed by atoms with van der Waals surface area (Å²) in [5.74, 6) is 0.898. The number of carbonyl (C=O) groups is 2. The Hall–Kier alpha value is -3.00. The third-order valence-corrected chi connectivity index (χ3v) is 7.69. The first-order valence-corrected chi connectivity index (χ1v) is 12.6. The quantitative estimate of drug-likeness (QED) is 0.594. The second-order valence-electron chi connectivity index (χ2n) is 8.94. The number of anilines is 1. The van der Waals surface area contributed by atoms with E-state index in [2.05, 4.69) is 10.3 Å². The topological polar surface area (TPSA) is 80.1 Å². The van der Waals surface area contributed by atoms with Crippen molar-refractivity contribution in [3.05, 3.63) is 42.7 Å². The van der Waals surface area contributed by atoms with E-state index in [4.69, 9.17) is 4.98 Å². The number of aromatic nitrogens is 3. The lowest BCUT2D eigenvalue weighted by atomic mass is 9.88. The highest BCUT2D eigenvalue weighted by Crippen LogP contribution is 2.38. The number of benzene rings is 1. The van der Waals surface area contributed by atoms with Gasteiger partial charge < -0.3 is 14.8 Å². The fourth-order valence-corrected chi connectivity index (χ4v) is 6.01. The molecule has 172 valence electrons. The van der Waals surface area contributed by atoms with Crippen LogP contribution in [-0.4, -0.2) is 43.8 Å². The van der Waals surface area contributed by atoms with Gasteiger partial charge in [0.2, 0.25) is 11.8 Å². The molecule has 0 radical (unpaired) electrons. The van der Waals surface area contributed by atoms with Crippen LogP contribution >= 0.6 is 11.3 Å². The molecule has 3 aromatic rings. The van der Waals surface area contributed by atoms with Crippen molar-refractivity contribution in [3.63, 3.8) is 0 Å². The summed E-state index contributed by atoms with van der Waals surface area (Å²) in [6, 6.07) is 9.52. The fourth-order valence-electron chi connectivity index (χ4n) is 4.98. The van der Waals surface area contributed by atoms with E-state index in [9.17, 15) is 9.59 Å². The number of aryl methyl sites for hydroxylation is 1. The van der Waals surface area contributed by atoms with Crippen molar-refractivity contribution in [2.75, 3.05) is 11.9 Å². The van der Waals surface area contributed by atoms with Gasteiger partial charge in [0.1, 0.15) is 6.04 Å². The molecular weight excluding hydrogens is 434 g/mol. The number of carbonyl (C=O) groups excluding carboxylic acids is 2. The molecular formula is C25H29N5O2S. The Morgan fingerprint density at radius 1 is 1.06 bits per heavy atom. The Morgan fingerprint density at radius 2 is 1.85 bits per heavy atom. The van der Waals surface area contributed by atoms with Gasteiger partial charge in [0, 0.05) is 37.5 Å². The van der Waals surface area contributed by atoms with Gasteiger partial charge in [-0.25, -0.2) is 9.97 Å². The lowest BCUT2D eigenvalue weighted by molar-refractivity contribution is -0.141. The van der Waals surface area contributed by atoms with Crippen LogP contribution in [0.1, 0.15) is 44.9 Å². The van der Waals surface area contributed by atoms with E-state index in [0.717, 1.165) is 54.1 Å². The van der Waals surface area contributed by atoms with Crippen LogP contribution in [0.4, 0.5) is 5.13 Å². The molecule has 0 spiro atoms. The Kier molecular flexibility index (Phi) is 6.26. The summed E-state index contributed by atoms with van der Waals surface area (Å²) < 4.78 is 1.95. The van der Waals surface area contributed by atoms with E-state index < -0.39 is 6.04 Å². The highest BCUT2D eigenvalue weighted by Gasteiger charge is 2.37. The van der Waals surface area contributed by atoms with E-state index in [1.54, 1.807) is 6.20 Å². The van der Waals surface area contributed by atoms with Gasteiger partial charge in [-0.2, -0.15) is 0 Å². The van der Waals surface area contributed by atoms with Crippen LogP contribution in [0.5, 0.6) is 0 Å². The standard InChI is InChI=1S/C25H29N5O2S/c1-29-16-14-26-22(29)21-20(17-9-4-2-5-10-17)27-25(33-21)28-23(31)19-13-8-15-30(19)24(32)18-11-6-3-7-12-18/h2,4-5,9-10,14,16,18-19H,3,6-8,11-13,15H2,1H3,(H,27,28,31). The largest absolute Gasteiger partial charge is 0.333 e. The second-order valence-corrected chi connectivity index (χ2v) is 9.94. The molecule has 1 saturated heterocycles. The zero-order valence-corrected chi connectivity index (χ0v) is 19.7. The minimum atomic E-state index is -0.417. The summed E-state index contributed by atoms with van der Waals surface area (Å²) in [5.41, 5.74) is 1.77. The molecule has 8 heteroatoms. The lowest BCUT2D eigenvalue weighted by Gasteiger charge is -2.29. The fraction of sp³-hybridized carbons (Fsp3) is 0.440. The van der Waals surface area contributed by atoms with Crippen LogP contribution in [0.15, 0.2) is 42.7 Å². The molecule has 2 amide bonds. The lowest BCUT2D eigenvalue weighted by Crippen LogP contribution is -2.46. The number of nitrogens with zero attached hydrogens (tertiary/aromatic N) is 4. The molecule has 3 heterocycles. The highest BCUT2D eigenvalue weighted by atomic mass is 32.1. The van der Waals surface area contributed by atoms with Gasteiger partial charge in [0.25, 0.3) is 0 Å². The van der Waals surface area contributed by atoms with E-state index in [-0.39, 0.29) is 17.7 Å². The molecule has 2 aromatic heterocycles. The normalized spacial score (nSPS) is 19.1. The van der Waals surface area contributed by atoms with E-state index in [1.165, 1.54) is 17.8 Å². The monoisotopic (exact) mass is 463 g/mol. The van der Waals surface area contributed by atoms with E-state index in [1.807, 2.05) is 53.0 Å². The maximum atomic E-state index is 13.3. The van der Waals surface area contributed by atoms with E-state index in [0.29, 0.717) is 18.1 Å². The maximum Gasteiger partial charge on any atom is 0.248 e. The predicted molar refractivity (Wildman–Crippen MR) is 130 cm³/mol. The number of hydrogen-bond acceptors (Lipinski definition) is 5. The number of likely N-dealkylation sites (tertiary alicyclic amines) is 1. The highest BCUT2D eigenvalue weighted by molar-refractivity contribution is 7.19. The summed E-state index contributed by atoms with van der Waals surface area (Å²) in [4.78, 5) is 38.4. The van der Waals surface area contributed by atoms with Crippen LogP contribution in [0, 0.1) is 5.92 Å². The first kappa shape index (κ1) is 21.8. The third-order valence-electron chi connectivity index (χ3n) is 6.72. The number of hydrogen-bond donors (Lipinski definition) is 1. The summed E-state index contributed by atoms with van der Waals surface area (Å²) in [5, 5.41) is 3.56. The van der Waals surface area contributed by atoms with Crippen LogP contribution in [0.3, 0.4) is 0 Å². The number of nitrogens with one attached hydrogen (secondary N) is 1. The predicted octanol–water partition coefficient (Wildman–Crippen LogP) is 4.72. The minimum absolute atomic E-state index is 0.0757. The Morgan fingerprint density at radius 3 is 2.58 bits per heavy atom. The molecule has 1 unspecified atom stereocenters. The molecule has 1 aliphatic carbocycles. The molecule has 33 heavy (non-hydrogen) atoms. The van der Waals surface area contributed by atoms with Crippen molar-refractivity contribution >= 4 is 28.3 Å². The molecule has 1 atom stereocenters. The molecule has 1 aromatic carbocycles. The SMILES string of the molecule is Cn1ccnc1-c1sc(NC(=O)C2CCCN2C(=O)C2CCCCC2)nc1-c1ccccc1. The molecule has 7 nitrogen and oxygen atoms in total. The van der Waals surface area contributed by atoms with Crippen molar-refractivity contribution in [2.24, 2.45) is 13.0 Å². The number of amides is 2. The minimum Gasteiger partial charge on any atom is -0.333 e. The molecule has 1 N–H and O–H groups in total. The van der Waals surface area contributed by atoms with Gasteiger partial charge in [-0.05, 0) is 25.7 Å². The Labute approximate surface area is 197 Å². The summed E-state index contributed by atoms with van der Waals surface area (Å²) in [6.07, 6.45) is 10.5. The molecule has 0 bridgehead atoms. The van der Waals surface area contributed by atoms with E-state index >= 15 is 0 Å². The molecule has 1 saturated carbocycles. The average molecular weight is 464 g/mol. The van der Waals surface area contributed by atoms with Crippen LogP contribution in [0.25, 0.3) is 22.0 Å². The Balaban J connectivity index is 1.38.